The lowest BCUT2D eigenvalue weighted by atomic mass is 10.0. The molecule has 1 aromatic rings. The minimum Gasteiger partial charge on any atom is -0.393 e. The van der Waals surface area contributed by atoms with Crippen LogP contribution in [-0.4, -0.2) is 11.2 Å². The fourth-order valence-electron chi connectivity index (χ4n) is 2.49. The Morgan fingerprint density at radius 2 is 1.60 bits per heavy atom. The van der Waals surface area contributed by atoms with Gasteiger partial charge in [-0.3, -0.25) is 0 Å². The second-order valence-corrected chi connectivity index (χ2v) is 7.48. The first-order valence-corrected chi connectivity index (χ1v) is 9.34. The van der Waals surface area contributed by atoms with Gasteiger partial charge in [-0.05, 0) is 18.6 Å². The van der Waals surface area contributed by atoms with Crippen LogP contribution in [0.5, 0.6) is 0 Å². The smallest absolute Gasteiger partial charge is 0.0931 e. The van der Waals surface area contributed by atoms with Crippen molar-refractivity contribution in [2.45, 2.75) is 83.7 Å². The molecule has 0 aliphatic rings. The van der Waals surface area contributed by atoms with E-state index in [0.717, 1.165) is 23.6 Å². The summed E-state index contributed by atoms with van der Waals surface area (Å²) in [5.41, 5.74) is 0. The molecule has 1 heterocycles. The van der Waals surface area contributed by atoms with Gasteiger partial charge in [-0.1, -0.05) is 76.3 Å². The summed E-state index contributed by atoms with van der Waals surface area (Å²) in [6.45, 7) is 2.26. The summed E-state index contributed by atoms with van der Waals surface area (Å²) in [5.74, 6) is 0. The van der Waals surface area contributed by atoms with Crippen LogP contribution in [0.3, 0.4) is 0 Å². The lowest BCUT2D eigenvalue weighted by molar-refractivity contribution is 0.161. The molecule has 0 radical (unpaired) electrons. The van der Waals surface area contributed by atoms with Crippen LogP contribution in [0.15, 0.2) is 12.1 Å². The predicted molar refractivity (Wildman–Crippen MR) is 90.9 cm³/mol. The summed E-state index contributed by atoms with van der Waals surface area (Å²) >= 11 is 7.47. The summed E-state index contributed by atoms with van der Waals surface area (Å²) in [6, 6.07) is 3.93. The number of unbranched alkanes of at least 4 members (excludes halogenated alkanes) is 8. The zero-order valence-electron chi connectivity index (χ0n) is 12.7. The summed E-state index contributed by atoms with van der Waals surface area (Å²) in [4.78, 5) is 1.19. The van der Waals surface area contributed by atoms with E-state index in [4.69, 9.17) is 11.6 Å². The van der Waals surface area contributed by atoms with Crippen LogP contribution in [0.2, 0.25) is 4.34 Å². The Morgan fingerprint density at radius 3 is 2.15 bits per heavy atom. The van der Waals surface area contributed by atoms with Gasteiger partial charge in [0.15, 0.2) is 0 Å². The minimum absolute atomic E-state index is 0.200. The molecule has 0 spiro atoms. The first-order valence-electron chi connectivity index (χ1n) is 8.14. The van der Waals surface area contributed by atoms with E-state index in [1.54, 1.807) is 11.3 Å². The number of hydrogen-bond acceptors (Lipinski definition) is 2. The largest absolute Gasteiger partial charge is 0.393 e. The Hall–Kier alpha value is -0.0500. The van der Waals surface area contributed by atoms with Gasteiger partial charge in [-0.15, -0.1) is 11.3 Å². The fourth-order valence-corrected chi connectivity index (χ4v) is 3.65. The molecule has 3 heteroatoms. The van der Waals surface area contributed by atoms with Gasteiger partial charge in [0, 0.05) is 11.3 Å². The van der Waals surface area contributed by atoms with E-state index >= 15 is 0 Å². The molecular formula is C17H29ClOS. The lowest BCUT2D eigenvalue weighted by Gasteiger charge is -2.09. The highest BCUT2D eigenvalue weighted by molar-refractivity contribution is 7.16. The van der Waals surface area contributed by atoms with Crippen molar-refractivity contribution in [1.82, 2.24) is 0 Å². The summed E-state index contributed by atoms with van der Waals surface area (Å²) in [6.07, 6.45) is 13.5. The fraction of sp³-hybridized carbons (Fsp3) is 0.765. The van der Waals surface area contributed by atoms with E-state index in [1.807, 2.05) is 12.1 Å². The molecule has 0 fully saturated rings. The van der Waals surface area contributed by atoms with Crippen molar-refractivity contribution >= 4 is 22.9 Å². The monoisotopic (exact) mass is 316 g/mol. The van der Waals surface area contributed by atoms with Gasteiger partial charge in [-0.25, -0.2) is 0 Å². The van der Waals surface area contributed by atoms with Crippen LogP contribution < -0.4 is 0 Å². The molecule has 0 amide bonds. The third-order valence-corrected chi connectivity index (χ3v) is 4.96. The Balaban J connectivity index is 1.90. The van der Waals surface area contributed by atoms with Gasteiger partial charge >= 0.3 is 0 Å². The molecule has 0 aliphatic heterocycles. The average molecular weight is 317 g/mol. The van der Waals surface area contributed by atoms with Gasteiger partial charge < -0.3 is 5.11 Å². The Morgan fingerprint density at radius 1 is 1.00 bits per heavy atom. The van der Waals surface area contributed by atoms with Crippen molar-refractivity contribution in [2.24, 2.45) is 0 Å². The van der Waals surface area contributed by atoms with Crippen LogP contribution in [0.25, 0.3) is 0 Å². The molecule has 1 nitrogen and oxygen atoms in total. The maximum absolute atomic E-state index is 9.98. The number of rotatable bonds is 12. The third kappa shape index (κ3) is 8.99. The molecule has 1 aromatic heterocycles. The van der Waals surface area contributed by atoms with Crippen LogP contribution in [0, 0.1) is 0 Å². The molecule has 1 rings (SSSR count). The van der Waals surface area contributed by atoms with E-state index in [0.29, 0.717) is 0 Å². The second-order valence-electron chi connectivity index (χ2n) is 5.68. The first-order chi connectivity index (χ1) is 9.72. The molecule has 1 unspecified atom stereocenters. The molecule has 0 bridgehead atoms. The number of thiophene rings is 1. The van der Waals surface area contributed by atoms with E-state index in [2.05, 4.69) is 6.92 Å². The van der Waals surface area contributed by atoms with Gasteiger partial charge in [0.2, 0.25) is 0 Å². The van der Waals surface area contributed by atoms with Crippen molar-refractivity contribution in [3.8, 4) is 0 Å². The topological polar surface area (TPSA) is 20.2 Å². The molecule has 116 valence electrons. The van der Waals surface area contributed by atoms with E-state index < -0.39 is 0 Å². The maximum atomic E-state index is 9.98. The zero-order valence-corrected chi connectivity index (χ0v) is 14.3. The highest BCUT2D eigenvalue weighted by Crippen LogP contribution is 2.23. The summed E-state index contributed by atoms with van der Waals surface area (Å²) in [7, 11) is 0. The van der Waals surface area contributed by atoms with E-state index in [9.17, 15) is 5.11 Å². The van der Waals surface area contributed by atoms with Crippen LogP contribution in [0.1, 0.15) is 76.0 Å². The molecule has 0 aliphatic carbocycles. The van der Waals surface area contributed by atoms with Crippen LogP contribution in [0.4, 0.5) is 0 Å². The third-order valence-electron chi connectivity index (χ3n) is 3.71. The summed E-state index contributed by atoms with van der Waals surface area (Å²) in [5, 5.41) is 9.98. The van der Waals surface area contributed by atoms with Crippen molar-refractivity contribution in [3.05, 3.63) is 21.3 Å². The Labute approximate surface area is 133 Å². The van der Waals surface area contributed by atoms with Gasteiger partial charge in [-0.2, -0.15) is 0 Å². The van der Waals surface area contributed by atoms with Crippen LogP contribution in [-0.2, 0) is 6.42 Å². The van der Waals surface area contributed by atoms with E-state index in [-0.39, 0.29) is 6.10 Å². The normalized spacial score (nSPS) is 12.8. The molecule has 0 saturated carbocycles. The Kier molecular flexibility index (Phi) is 10.4. The highest BCUT2D eigenvalue weighted by Gasteiger charge is 2.07. The molecular weight excluding hydrogens is 288 g/mol. The SMILES string of the molecule is CCCCCCCCCCCC(O)Cc1ccc(Cl)s1. The molecule has 0 aromatic carbocycles. The quantitative estimate of drug-likeness (QED) is 0.453. The van der Waals surface area contributed by atoms with Gasteiger partial charge in [0.05, 0.1) is 10.4 Å². The second kappa shape index (κ2) is 11.6. The number of hydrogen-bond donors (Lipinski definition) is 1. The first kappa shape index (κ1) is 18.0. The van der Waals surface area contributed by atoms with Crippen molar-refractivity contribution in [2.75, 3.05) is 0 Å². The van der Waals surface area contributed by atoms with Gasteiger partial charge in [0.1, 0.15) is 0 Å². The van der Waals surface area contributed by atoms with Crippen LogP contribution >= 0.6 is 22.9 Å². The van der Waals surface area contributed by atoms with E-state index in [1.165, 1.54) is 56.2 Å². The Bertz CT molecular complexity index is 337. The molecule has 1 N–H and O–H groups in total. The summed E-state index contributed by atoms with van der Waals surface area (Å²) < 4.78 is 0.815. The van der Waals surface area contributed by atoms with Crippen molar-refractivity contribution in [1.29, 1.82) is 0 Å². The predicted octanol–water partition coefficient (Wildman–Crippen LogP) is 6.23. The molecule has 1 atom stereocenters. The molecule has 20 heavy (non-hydrogen) atoms. The minimum atomic E-state index is -0.200. The highest BCUT2D eigenvalue weighted by atomic mass is 35.5. The number of halogens is 1. The number of aliphatic hydroxyl groups is 1. The number of aliphatic hydroxyl groups excluding tert-OH is 1. The zero-order chi connectivity index (χ0) is 14.6. The standard InChI is InChI=1S/C17H29ClOS/c1-2-3-4-5-6-7-8-9-10-11-15(19)14-16-12-13-17(18)20-16/h12-13,15,19H,2-11,14H2,1H3. The average Bonchev–Trinajstić information content (AvgIpc) is 2.82. The lowest BCUT2D eigenvalue weighted by Crippen LogP contribution is -2.09. The van der Waals surface area contributed by atoms with Crippen molar-refractivity contribution < 1.29 is 5.11 Å². The van der Waals surface area contributed by atoms with Crippen molar-refractivity contribution in [3.63, 3.8) is 0 Å². The van der Waals surface area contributed by atoms with Gasteiger partial charge in [0.25, 0.3) is 0 Å². The maximum Gasteiger partial charge on any atom is 0.0931 e. The molecule has 0 saturated heterocycles.